The summed E-state index contributed by atoms with van der Waals surface area (Å²) in [4.78, 5) is 4.59. The van der Waals surface area contributed by atoms with Crippen LogP contribution in [0.3, 0.4) is 0 Å². The third kappa shape index (κ3) is 2.42. The molecule has 0 saturated carbocycles. The predicted octanol–water partition coefficient (Wildman–Crippen LogP) is 2.20. The maximum absolute atomic E-state index is 5.51. The van der Waals surface area contributed by atoms with Crippen molar-refractivity contribution in [3.05, 3.63) is 11.7 Å². The molecule has 5 heteroatoms. The maximum atomic E-state index is 5.51. The Morgan fingerprint density at radius 3 is 2.67 bits per heavy atom. The highest BCUT2D eigenvalue weighted by Crippen LogP contribution is 2.36. The van der Waals surface area contributed by atoms with Crippen LogP contribution in [-0.2, 0) is 10.2 Å². The molecule has 1 N–H and O–H groups in total. The minimum atomic E-state index is -0.0573. The molecule has 1 saturated heterocycles. The van der Waals surface area contributed by atoms with Crippen LogP contribution in [-0.4, -0.2) is 30.3 Å². The van der Waals surface area contributed by atoms with E-state index in [4.69, 9.17) is 9.26 Å². The lowest BCUT2D eigenvalue weighted by Gasteiger charge is -2.33. The summed E-state index contributed by atoms with van der Waals surface area (Å²) < 4.78 is 10.9. The molecule has 1 atom stereocenters. The zero-order valence-corrected chi connectivity index (χ0v) is 11.5. The Balaban J connectivity index is 2.21. The summed E-state index contributed by atoms with van der Waals surface area (Å²) in [5.74, 6) is 1.47. The number of rotatable bonds is 5. The van der Waals surface area contributed by atoms with Crippen LogP contribution in [0.1, 0.15) is 57.3 Å². The molecule has 0 aromatic carbocycles. The molecule has 18 heavy (non-hydrogen) atoms. The van der Waals surface area contributed by atoms with Gasteiger partial charge in [0.15, 0.2) is 0 Å². The number of ether oxygens (including phenoxy) is 1. The van der Waals surface area contributed by atoms with E-state index in [1.807, 2.05) is 0 Å². The third-order valence-corrected chi connectivity index (χ3v) is 4.08. The average Bonchev–Trinajstić information content (AvgIpc) is 2.91. The minimum absolute atomic E-state index is 0.0573. The molecule has 0 amide bonds. The molecule has 1 fully saturated rings. The van der Waals surface area contributed by atoms with Gasteiger partial charge in [-0.05, 0) is 38.8 Å². The molecule has 1 aliphatic rings. The fourth-order valence-corrected chi connectivity index (χ4v) is 2.66. The second-order valence-corrected chi connectivity index (χ2v) is 4.97. The Morgan fingerprint density at radius 2 is 2.11 bits per heavy atom. The number of nitrogens with one attached hydrogen (secondary N) is 1. The van der Waals surface area contributed by atoms with Crippen LogP contribution >= 0.6 is 0 Å². The lowest BCUT2D eigenvalue weighted by molar-refractivity contribution is 0.0903. The topological polar surface area (TPSA) is 60.2 Å². The Labute approximate surface area is 108 Å². The Kier molecular flexibility index (Phi) is 4.35. The summed E-state index contributed by atoms with van der Waals surface area (Å²) >= 11 is 0. The predicted molar refractivity (Wildman–Crippen MR) is 68.4 cm³/mol. The van der Waals surface area contributed by atoms with Crippen molar-refractivity contribution in [3.63, 3.8) is 0 Å². The van der Waals surface area contributed by atoms with Crippen molar-refractivity contribution in [1.82, 2.24) is 15.5 Å². The van der Waals surface area contributed by atoms with Gasteiger partial charge in [-0.3, -0.25) is 0 Å². The van der Waals surface area contributed by atoms with Crippen LogP contribution in [0, 0.1) is 0 Å². The number of hydrogen-bond acceptors (Lipinski definition) is 5. The second-order valence-electron chi connectivity index (χ2n) is 4.97. The molecular formula is C13H23N3O2. The number of methoxy groups -OCH3 is 1. The van der Waals surface area contributed by atoms with Crippen molar-refractivity contribution in [2.75, 3.05) is 20.2 Å². The number of nitrogens with zero attached hydrogens (tertiary/aromatic N) is 2. The maximum Gasteiger partial charge on any atom is 0.233 e. The van der Waals surface area contributed by atoms with E-state index < -0.39 is 0 Å². The standard InChI is InChI=1S/C13H23N3O2/c1-4-10(17-3)11-15-12(18-16-11)13(5-2)6-8-14-9-7-13/h10,14H,4-9H2,1-3H3. The van der Waals surface area contributed by atoms with Crippen LogP contribution in [0.2, 0.25) is 0 Å². The zero-order chi connectivity index (χ0) is 13.0. The molecule has 1 unspecified atom stereocenters. The van der Waals surface area contributed by atoms with Crippen molar-refractivity contribution in [1.29, 1.82) is 0 Å². The molecule has 1 aromatic rings. The first-order valence-electron chi connectivity index (χ1n) is 6.83. The smallest absolute Gasteiger partial charge is 0.233 e. The minimum Gasteiger partial charge on any atom is -0.373 e. The Hall–Kier alpha value is -0.940. The summed E-state index contributed by atoms with van der Waals surface area (Å²) in [6.07, 6.45) is 3.97. The molecule has 5 nitrogen and oxygen atoms in total. The van der Waals surface area contributed by atoms with E-state index in [1.54, 1.807) is 7.11 Å². The van der Waals surface area contributed by atoms with Gasteiger partial charge in [0.25, 0.3) is 0 Å². The van der Waals surface area contributed by atoms with Gasteiger partial charge in [0, 0.05) is 7.11 Å². The monoisotopic (exact) mass is 253 g/mol. The molecule has 0 aliphatic carbocycles. The van der Waals surface area contributed by atoms with E-state index in [-0.39, 0.29) is 11.5 Å². The number of piperidine rings is 1. The second kappa shape index (κ2) is 5.80. The first kappa shape index (κ1) is 13.5. The summed E-state index contributed by atoms with van der Waals surface area (Å²) in [6.45, 7) is 6.30. The molecule has 0 spiro atoms. The van der Waals surface area contributed by atoms with Crippen LogP contribution in [0.4, 0.5) is 0 Å². The Bertz CT molecular complexity index is 368. The first-order valence-corrected chi connectivity index (χ1v) is 6.83. The van der Waals surface area contributed by atoms with Gasteiger partial charge in [-0.1, -0.05) is 19.0 Å². The van der Waals surface area contributed by atoms with E-state index in [0.717, 1.165) is 44.7 Å². The van der Waals surface area contributed by atoms with E-state index in [2.05, 4.69) is 29.3 Å². The molecule has 2 heterocycles. The quantitative estimate of drug-likeness (QED) is 0.871. The van der Waals surface area contributed by atoms with Crippen molar-refractivity contribution < 1.29 is 9.26 Å². The van der Waals surface area contributed by atoms with Crippen LogP contribution < -0.4 is 5.32 Å². The van der Waals surface area contributed by atoms with Gasteiger partial charge >= 0.3 is 0 Å². The number of aromatic nitrogens is 2. The van der Waals surface area contributed by atoms with E-state index in [0.29, 0.717) is 5.82 Å². The van der Waals surface area contributed by atoms with E-state index >= 15 is 0 Å². The molecule has 102 valence electrons. The van der Waals surface area contributed by atoms with Gasteiger partial charge in [-0.25, -0.2) is 0 Å². The highest BCUT2D eigenvalue weighted by Gasteiger charge is 2.38. The summed E-state index contributed by atoms with van der Waals surface area (Å²) in [6, 6.07) is 0. The summed E-state index contributed by atoms with van der Waals surface area (Å²) in [7, 11) is 1.68. The molecule has 0 bridgehead atoms. The summed E-state index contributed by atoms with van der Waals surface area (Å²) in [5, 5.41) is 7.48. The van der Waals surface area contributed by atoms with Crippen molar-refractivity contribution >= 4 is 0 Å². The average molecular weight is 253 g/mol. The lowest BCUT2D eigenvalue weighted by atomic mass is 9.76. The van der Waals surface area contributed by atoms with Crippen molar-refractivity contribution in [2.24, 2.45) is 0 Å². The fraction of sp³-hybridized carbons (Fsp3) is 0.846. The van der Waals surface area contributed by atoms with Gasteiger partial charge < -0.3 is 14.6 Å². The van der Waals surface area contributed by atoms with Crippen LogP contribution in [0.5, 0.6) is 0 Å². The van der Waals surface area contributed by atoms with E-state index in [9.17, 15) is 0 Å². The fourth-order valence-electron chi connectivity index (χ4n) is 2.66. The van der Waals surface area contributed by atoms with Gasteiger partial charge in [0.05, 0.1) is 5.41 Å². The van der Waals surface area contributed by atoms with Crippen molar-refractivity contribution in [2.45, 2.75) is 51.0 Å². The highest BCUT2D eigenvalue weighted by molar-refractivity contribution is 5.08. The van der Waals surface area contributed by atoms with Gasteiger partial charge in [0.2, 0.25) is 11.7 Å². The molecule has 0 radical (unpaired) electrons. The van der Waals surface area contributed by atoms with Gasteiger partial charge in [0.1, 0.15) is 6.10 Å². The SMILES string of the molecule is CCC(OC)c1noc(C2(CC)CCNCC2)n1. The van der Waals surface area contributed by atoms with Gasteiger partial charge in [-0.15, -0.1) is 0 Å². The summed E-state index contributed by atoms with van der Waals surface area (Å²) in [5.41, 5.74) is 0.0581. The normalized spacial score (nSPS) is 20.8. The van der Waals surface area contributed by atoms with E-state index in [1.165, 1.54) is 0 Å². The highest BCUT2D eigenvalue weighted by atomic mass is 16.5. The molecular weight excluding hydrogens is 230 g/mol. The molecule has 2 rings (SSSR count). The lowest BCUT2D eigenvalue weighted by Crippen LogP contribution is -2.39. The molecule has 1 aromatic heterocycles. The zero-order valence-electron chi connectivity index (χ0n) is 11.5. The van der Waals surface area contributed by atoms with Crippen LogP contribution in [0.25, 0.3) is 0 Å². The molecule has 1 aliphatic heterocycles. The largest absolute Gasteiger partial charge is 0.373 e. The first-order chi connectivity index (χ1) is 8.75. The van der Waals surface area contributed by atoms with Crippen molar-refractivity contribution in [3.8, 4) is 0 Å². The third-order valence-electron chi connectivity index (χ3n) is 4.08. The Morgan fingerprint density at radius 1 is 1.39 bits per heavy atom. The van der Waals surface area contributed by atoms with Crippen LogP contribution in [0.15, 0.2) is 4.52 Å². The number of hydrogen-bond donors (Lipinski definition) is 1. The van der Waals surface area contributed by atoms with Gasteiger partial charge in [-0.2, -0.15) is 4.98 Å².